The van der Waals surface area contributed by atoms with E-state index in [1.54, 1.807) is 10.7 Å². The van der Waals surface area contributed by atoms with Crippen molar-refractivity contribution in [3.05, 3.63) is 51.5 Å². The highest BCUT2D eigenvalue weighted by molar-refractivity contribution is 7.98. The number of nitrogens with zero attached hydrogens (tertiary/aromatic N) is 6. The molecule has 0 spiro atoms. The number of fused-ring (bicyclic) bond motifs is 1. The van der Waals surface area contributed by atoms with Crippen molar-refractivity contribution < 1.29 is 0 Å². The van der Waals surface area contributed by atoms with Crippen molar-refractivity contribution in [1.29, 1.82) is 0 Å². The predicted octanol–water partition coefficient (Wildman–Crippen LogP) is 0.949. The first kappa shape index (κ1) is 18.6. The highest BCUT2D eigenvalue weighted by Gasteiger charge is 2.18. The van der Waals surface area contributed by atoms with Crippen molar-refractivity contribution in [3.8, 4) is 0 Å². The van der Waals surface area contributed by atoms with E-state index in [-0.39, 0.29) is 5.56 Å². The van der Waals surface area contributed by atoms with Gasteiger partial charge in [0.25, 0.3) is 5.56 Å². The van der Waals surface area contributed by atoms with Crippen molar-refractivity contribution in [2.24, 2.45) is 0 Å². The quantitative estimate of drug-likeness (QED) is 0.758. The Morgan fingerprint density at radius 2 is 1.96 bits per heavy atom. The summed E-state index contributed by atoms with van der Waals surface area (Å²) < 4.78 is 1.66. The summed E-state index contributed by atoms with van der Waals surface area (Å²) in [6.45, 7) is 8.42. The van der Waals surface area contributed by atoms with Gasteiger partial charge in [-0.3, -0.25) is 14.6 Å². The highest BCUT2D eigenvalue weighted by Crippen LogP contribution is 2.21. The van der Waals surface area contributed by atoms with Crippen LogP contribution < -0.4 is 5.56 Å². The lowest BCUT2D eigenvalue weighted by Gasteiger charge is -2.34. The predicted molar refractivity (Wildman–Crippen MR) is 107 cm³/mol. The topological polar surface area (TPSA) is 67.2 Å². The third kappa shape index (κ3) is 4.75. The first-order valence-electron chi connectivity index (χ1n) is 9.58. The SMILES string of the molecule is Cc1nccc(CN2CCN(CCn3nc4c(cc3=O)CSCC4)CC2)n1. The fraction of sp³-hybridized carbons (Fsp3) is 0.579. The third-order valence-electron chi connectivity index (χ3n) is 5.22. The van der Waals surface area contributed by atoms with Gasteiger partial charge < -0.3 is 0 Å². The normalized spacial score (nSPS) is 18.4. The maximum absolute atomic E-state index is 12.3. The summed E-state index contributed by atoms with van der Waals surface area (Å²) in [5.41, 5.74) is 3.35. The van der Waals surface area contributed by atoms with Gasteiger partial charge in [0.1, 0.15) is 5.82 Å². The molecule has 144 valence electrons. The van der Waals surface area contributed by atoms with E-state index in [1.165, 1.54) is 0 Å². The molecule has 1 fully saturated rings. The molecule has 0 aromatic carbocycles. The zero-order valence-corrected chi connectivity index (χ0v) is 16.6. The molecule has 4 heterocycles. The number of thioether (sulfide) groups is 1. The van der Waals surface area contributed by atoms with E-state index in [2.05, 4.69) is 24.9 Å². The van der Waals surface area contributed by atoms with Gasteiger partial charge in [-0.2, -0.15) is 16.9 Å². The number of rotatable bonds is 5. The van der Waals surface area contributed by atoms with E-state index < -0.39 is 0 Å². The molecule has 0 atom stereocenters. The van der Waals surface area contributed by atoms with Gasteiger partial charge in [-0.05, 0) is 24.3 Å². The second-order valence-electron chi connectivity index (χ2n) is 7.19. The zero-order chi connectivity index (χ0) is 18.6. The van der Waals surface area contributed by atoms with Crippen LogP contribution in [-0.4, -0.2) is 68.0 Å². The van der Waals surface area contributed by atoms with E-state index >= 15 is 0 Å². The van der Waals surface area contributed by atoms with Crippen molar-refractivity contribution in [2.45, 2.75) is 32.2 Å². The summed E-state index contributed by atoms with van der Waals surface area (Å²) in [5.74, 6) is 2.85. The molecular weight excluding hydrogens is 360 g/mol. The molecule has 27 heavy (non-hydrogen) atoms. The molecular formula is C19H26N6OS. The Balaban J connectivity index is 1.28. The van der Waals surface area contributed by atoms with Gasteiger partial charge >= 0.3 is 0 Å². The summed E-state index contributed by atoms with van der Waals surface area (Å²) in [4.78, 5) is 25.8. The molecule has 1 saturated heterocycles. The van der Waals surface area contributed by atoms with Crippen LogP contribution in [0.5, 0.6) is 0 Å². The Hall–Kier alpha value is -1.77. The zero-order valence-electron chi connectivity index (χ0n) is 15.8. The summed E-state index contributed by atoms with van der Waals surface area (Å²) in [6, 6.07) is 3.78. The molecule has 0 unspecified atom stereocenters. The van der Waals surface area contributed by atoms with Gasteiger partial charge in [0.05, 0.1) is 17.9 Å². The van der Waals surface area contributed by atoms with Crippen LogP contribution in [0.2, 0.25) is 0 Å². The largest absolute Gasteiger partial charge is 0.299 e. The standard InChI is InChI=1S/C19H26N6OS/c1-15-20-4-2-17(21-15)13-24-7-5-23(6-8-24)9-10-25-19(26)12-16-14-27-11-3-18(16)22-25/h2,4,12H,3,5-11,13-14H2,1H3. The molecule has 8 heteroatoms. The molecule has 0 aliphatic carbocycles. The molecule has 2 aromatic rings. The van der Waals surface area contributed by atoms with Crippen LogP contribution in [-0.2, 0) is 25.3 Å². The minimum Gasteiger partial charge on any atom is -0.299 e. The Morgan fingerprint density at radius 1 is 1.15 bits per heavy atom. The van der Waals surface area contributed by atoms with Crippen LogP contribution in [0.1, 0.15) is 22.8 Å². The first-order valence-corrected chi connectivity index (χ1v) is 10.7. The minimum absolute atomic E-state index is 0.0361. The Bertz CT molecular complexity index is 846. The van der Waals surface area contributed by atoms with E-state index in [1.807, 2.05) is 30.9 Å². The number of hydrogen-bond donors (Lipinski definition) is 0. The van der Waals surface area contributed by atoms with Crippen LogP contribution in [0, 0.1) is 6.92 Å². The minimum atomic E-state index is 0.0361. The monoisotopic (exact) mass is 386 g/mol. The summed E-state index contributed by atoms with van der Waals surface area (Å²) >= 11 is 1.88. The lowest BCUT2D eigenvalue weighted by Crippen LogP contribution is -2.47. The summed E-state index contributed by atoms with van der Waals surface area (Å²) in [5, 5.41) is 4.62. The molecule has 4 rings (SSSR count). The number of aryl methyl sites for hydroxylation is 2. The molecule has 2 aliphatic heterocycles. The number of piperazine rings is 1. The van der Waals surface area contributed by atoms with Crippen LogP contribution in [0.4, 0.5) is 0 Å². The van der Waals surface area contributed by atoms with Crippen LogP contribution in [0.3, 0.4) is 0 Å². The molecule has 0 amide bonds. The maximum Gasteiger partial charge on any atom is 0.267 e. The lowest BCUT2D eigenvalue weighted by atomic mass is 10.2. The van der Waals surface area contributed by atoms with Crippen molar-refractivity contribution in [3.63, 3.8) is 0 Å². The van der Waals surface area contributed by atoms with E-state index in [4.69, 9.17) is 0 Å². The van der Waals surface area contributed by atoms with E-state index in [9.17, 15) is 4.79 Å². The summed E-state index contributed by atoms with van der Waals surface area (Å²) in [6.07, 6.45) is 2.80. The first-order chi connectivity index (χ1) is 13.2. The van der Waals surface area contributed by atoms with Gasteiger partial charge in [0.15, 0.2) is 0 Å². The Kier molecular flexibility index (Phi) is 5.85. The molecule has 7 nitrogen and oxygen atoms in total. The molecule has 0 saturated carbocycles. The van der Waals surface area contributed by atoms with Crippen molar-refractivity contribution in [2.75, 3.05) is 38.5 Å². The van der Waals surface area contributed by atoms with Crippen LogP contribution in [0.15, 0.2) is 23.1 Å². The molecule has 0 N–H and O–H groups in total. The average molecular weight is 387 g/mol. The van der Waals surface area contributed by atoms with Gasteiger partial charge in [0.2, 0.25) is 0 Å². The fourth-order valence-electron chi connectivity index (χ4n) is 3.64. The molecule has 0 bridgehead atoms. The molecule has 2 aliphatic rings. The highest BCUT2D eigenvalue weighted by atomic mass is 32.2. The Labute approximate surface area is 163 Å². The Morgan fingerprint density at radius 3 is 2.78 bits per heavy atom. The van der Waals surface area contributed by atoms with Crippen molar-refractivity contribution in [1.82, 2.24) is 29.5 Å². The van der Waals surface area contributed by atoms with E-state index in [0.29, 0.717) is 6.54 Å². The van der Waals surface area contributed by atoms with Gasteiger partial charge in [-0.25, -0.2) is 14.6 Å². The number of hydrogen-bond acceptors (Lipinski definition) is 7. The second kappa shape index (κ2) is 8.50. The van der Waals surface area contributed by atoms with Crippen molar-refractivity contribution >= 4 is 11.8 Å². The molecule has 2 aromatic heterocycles. The molecule has 0 radical (unpaired) electrons. The van der Waals surface area contributed by atoms with Gasteiger partial charge in [-0.1, -0.05) is 0 Å². The fourth-order valence-corrected chi connectivity index (χ4v) is 4.59. The van der Waals surface area contributed by atoms with Crippen LogP contribution >= 0.6 is 11.8 Å². The second-order valence-corrected chi connectivity index (χ2v) is 8.30. The smallest absolute Gasteiger partial charge is 0.267 e. The average Bonchev–Trinajstić information content (AvgIpc) is 2.67. The van der Waals surface area contributed by atoms with Gasteiger partial charge in [-0.15, -0.1) is 0 Å². The lowest BCUT2D eigenvalue weighted by molar-refractivity contribution is 0.121. The number of aromatic nitrogens is 4. The van der Waals surface area contributed by atoms with Crippen LogP contribution in [0.25, 0.3) is 0 Å². The third-order valence-corrected chi connectivity index (χ3v) is 6.23. The van der Waals surface area contributed by atoms with Gasteiger partial charge in [0, 0.05) is 63.7 Å². The maximum atomic E-state index is 12.3. The van der Waals surface area contributed by atoms with E-state index in [0.717, 1.165) is 80.0 Å². The summed E-state index contributed by atoms with van der Waals surface area (Å²) in [7, 11) is 0.